The Balaban J connectivity index is 1.84. The third kappa shape index (κ3) is 3.01. The van der Waals surface area contributed by atoms with Gasteiger partial charge in [0.1, 0.15) is 0 Å². The van der Waals surface area contributed by atoms with Crippen LogP contribution in [0.2, 0.25) is 0 Å². The van der Waals surface area contributed by atoms with Crippen molar-refractivity contribution in [3.63, 3.8) is 0 Å². The van der Waals surface area contributed by atoms with Crippen molar-refractivity contribution in [1.29, 1.82) is 0 Å². The van der Waals surface area contributed by atoms with Gasteiger partial charge in [0, 0.05) is 10.9 Å². The van der Waals surface area contributed by atoms with Gasteiger partial charge in [-0.2, -0.15) is 0 Å². The van der Waals surface area contributed by atoms with Gasteiger partial charge in [-0.1, -0.05) is 19.1 Å². The second kappa shape index (κ2) is 5.39. The summed E-state index contributed by atoms with van der Waals surface area (Å²) in [7, 11) is 0. The van der Waals surface area contributed by atoms with Crippen LogP contribution in [0.1, 0.15) is 31.7 Å². The summed E-state index contributed by atoms with van der Waals surface area (Å²) in [6.07, 6.45) is 4.57. The molecule has 86 valence electrons. The van der Waals surface area contributed by atoms with E-state index in [-0.39, 0.29) is 5.24 Å². The standard InChI is InChI=1S/C13H17NOS/c1-2-10-6-8-12(9-7-10)16-13(15)14-11-4-3-5-11/h6-9,11H,2-5H2,1H3,(H,14,15). The van der Waals surface area contributed by atoms with Crippen molar-refractivity contribution in [3.05, 3.63) is 29.8 Å². The number of aryl methyl sites for hydroxylation is 1. The Morgan fingerprint density at radius 3 is 2.56 bits per heavy atom. The van der Waals surface area contributed by atoms with Gasteiger partial charge in [-0.05, 0) is 55.1 Å². The number of thioether (sulfide) groups is 1. The van der Waals surface area contributed by atoms with Crippen molar-refractivity contribution < 1.29 is 4.79 Å². The largest absolute Gasteiger partial charge is 0.344 e. The second-order valence-electron chi connectivity index (χ2n) is 4.16. The predicted molar refractivity (Wildman–Crippen MR) is 67.8 cm³/mol. The number of benzene rings is 1. The number of hydrogen-bond donors (Lipinski definition) is 1. The minimum atomic E-state index is 0.0777. The molecule has 1 amide bonds. The predicted octanol–water partition coefficient (Wildman–Crippen LogP) is 3.60. The van der Waals surface area contributed by atoms with E-state index in [1.165, 1.54) is 23.7 Å². The van der Waals surface area contributed by atoms with E-state index < -0.39 is 0 Å². The molecule has 16 heavy (non-hydrogen) atoms. The normalized spacial score (nSPS) is 15.6. The van der Waals surface area contributed by atoms with Gasteiger partial charge in [0.15, 0.2) is 0 Å². The van der Waals surface area contributed by atoms with E-state index in [9.17, 15) is 4.79 Å². The van der Waals surface area contributed by atoms with Crippen molar-refractivity contribution in [2.24, 2.45) is 0 Å². The van der Waals surface area contributed by atoms with Crippen molar-refractivity contribution in [2.75, 3.05) is 0 Å². The fourth-order valence-electron chi connectivity index (χ4n) is 1.65. The van der Waals surface area contributed by atoms with Gasteiger partial charge in [-0.3, -0.25) is 4.79 Å². The van der Waals surface area contributed by atoms with Gasteiger partial charge >= 0.3 is 0 Å². The summed E-state index contributed by atoms with van der Waals surface area (Å²) >= 11 is 1.29. The molecule has 1 aliphatic rings. The lowest BCUT2D eigenvalue weighted by molar-refractivity contribution is 0.249. The molecule has 1 saturated carbocycles. The molecule has 0 aliphatic heterocycles. The van der Waals surface area contributed by atoms with Crippen molar-refractivity contribution in [2.45, 2.75) is 43.5 Å². The van der Waals surface area contributed by atoms with E-state index in [4.69, 9.17) is 0 Å². The highest BCUT2D eigenvalue weighted by Crippen LogP contribution is 2.23. The molecule has 0 bridgehead atoms. The maximum atomic E-state index is 11.6. The fourth-order valence-corrected chi connectivity index (χ4v) is 2.36. The molecule has 2 rings (SSSR count). The summed E-state index contributed by atoms with van der Waals surface area (Å²) in [4.78, 5) is 12.6. The van der Waals surface area contributed by atoms with Crippen LogP contribution in [0.3, 0.4) is 0 Å². The minimum absolute atomic E-state index is 0.0777. The molecule has 1 aromatic rings. The molecule has 0 spiro atoms. The van der Waals surface area contributed by atoms with Crippen LogP contribution in [0, 0.1) is 0 Å². The quantitative estimate of drug-likeness (QED) is 0.811. The number of rotatable bonds is 3. The topological polar surface area (TPSA) is 29.1 Å². The average molecular weight is 235 g/mol. The number of amides is 1. The van der Waals surface area contributed by atoms with Gasteiger partial charge in [0.25, 0.3) is 5.24 Å². The van der Waals surface area contributed by atoms with E-state index in [1.54, 1.807) is 0 Å². The van der Waals surface area contributed by atoms with Crippen molar-refractivity contribution >= 4 is 17.0 Å². The van der Waals surface area contributed by atoms with Crippen LogP contribution in [-0.2, 0) is 6.42 Å². The highest BCUT2D eigenvalue weighted by Gasteiger charge is 2.19. The first kappa shape index (κ1) is 11.5. The highest BCUT2D eigenvalue weighted by molar-refractivity contribution is 8.13. The first-order valence-corrected chi connectivity index (χ1v) is 6.67. The Morgan fingerprint density at radius 1 is 1.38 bits per heavy atom. The molecule has 1 N–H and O–H groups in total. The van der Waals surface area contributed by atoms with E-state index in [0.29, 0.717) is 6.04 Å². The van der Waals surface area contributed by atoms with Gasteiger partial charge in [0.05, 0.1) is 0 Å². The summed E-state index contributed by atoms with van der Waals surface area (Å²) in [6.45, 7) is 2.13. The first-order chi connectivity index (χ1) is 7.78. The Labute approximate surface area is 101 Å². The van der Waals surface area contributed by atoms with Crippen LogP contribution in [0.5, 0.6) is 0 Å². The maximum Gasteiger partial charge on any atom is 0.284 e. The molecule has 1 aromatic carbocycles. The number of carbonyl (C=O) groups excluding carboxylic acids is 1. The lowest BCUT2D eigenvalue weighted by Crippen LogP contribution is -2.37. The summed E-state index contributed by atoms with van der Waals surface area (Å²) < 4.78 is 0. The summed E-state index contributed by atoms with van der Waals surface area (Å²) in [5, 5.41) is 3.10. The molecule has 0 heterocycles. The average Bonchev–Trinajstić information content (AvgIpc) is 2.25. The Bertz CT molecular complexity index is 357. The van der Waals surface area contributed by atoms with Crippen molar-refractivity contribution in [3.8, 4) is 0 Å². The third-order valence-corrected chi connectivity index (χ3v) is 3.78. The minimum Gasteiger partial charge on any atom is -0.344 e. The van der Waals surface area contributed by atoms with Gasteiger partial charge < -0.3 is 5.32 Å². The van der Waals surface area contributed by atoms with Crippen LogP contribution in [0.25, 0.3) is 0 Å². The molecule has 0 saturated heterocycles. The zero-order chi connectivity index (χ0) is 11.4. The SMILES string of the molecule is CCc1ccc(SC(=O)NC2CCC2)cc1. The molecule has 0 unspecified atom stereocenters. The monoisotopic (exact) mass is 235 g/mol. The third-order valence-electron chi connectivity index (χ3n) is 2.97. The lowest BCUT2D eigenvalue weighted by Gasteiger charge is -2.25. The van der Waals surface area contributed by atoms with Crippen LogP contribution < -0.4 is 5.32 Å². The molecule has 3 heteroatoms. The second-order valence-corrected chi connectivity index (χ2v) is 5.21. The van der Waals surface area contributed by atoms with Crippen LogP contribution in [0.15, 0.2) is 29.2 Å². The highest BCUT2D eigenvalue weighted by atomic mass is 32.2. The Hall–Kier alpha value is -0.960. The molecule has 1 aliphatic carbocycles. The molecule has 1 fully saturated rings. The summed E-state index contributed by atoms with van der Waals surface area (Å²) in [6, 6.07) is 8.63. The molecular weight excluding hydrogens is 218 g/mol. The molecule has 0 atom stereocenters. The first-order valence-electron chi connectivity index (χ1n) is 5.85. The van der Waals surface area contributed by atoms with Gasteiger partial charge in [-0.15, -0.1) is 0 Å². The van der Waals surface area contributed by atoms with Crippen LogP contribution in [0.4, 0.5) is 4.79 Å². The zero-order valence-electron chi connectivity index (χ0n) is 9.53. The Morgan fingerprint density at radius 2 is 2.06 bits per heavy atom. The number of hydrogen-bond acceptors (Lipinski definition) is 2. The van der Waals surface area contributed by atoms with Gasteiger partial charge in [0.2, 0.25) is 0 Å². The van der Waals surface area contributed by atoms with E-state index in [0.717, 1.165) is 24.2 Å². The number of nitrogens with one attached hydrogen (secondary N) is 1. The molecular formula is C13H17NOS. The molecule has 0 radical (unpaired) electrons. The van der Waals surface area contributed by atoms with E-state index in [2.05, 4.69) is 24.4 Å². The Kier molecular flexibility index (Phi) is 3.88. The summed E-state index contributed by atoms with van der Waals surface area (Å²) in [5.41, 5.74) is 1.31. The molecule has 2 nitrogen and oxygen atoms in total. The van der Waals surface area contributed by atoms with Gasteiger partial charge in [-0.25, -0.2) is 0 Å². The maximum absolute atomic E-state index is 11.6. The smallest absolute Gasteiger partial charge is 0.284 e. The van der Waals surface area contributed by atoms with E-state index >= 15 is 0 Å². The van der Waals surface area contributed by atoms with Crippen molar-refractivity contribution in [1.82, 2.24) is 5.32 Å². The zero-order valence-corrected chi connectivity index (χ0v) is 10.3. The summed E-state index contributed by atoms with van der Waals surface area (Å²) in [5.74, 6) is 0. The lowest BCUT2D eigenvalue weighted by atomic mass is 9.94. The molecule has 0 aromatic heterocycles. The van der Waals surface area contributed by atoms with Crippen LogP contribution >= 0.6 is 11.8 Å². The van der Waals surface area contributed by atoms with E-state index in [1.807, 2.05) is 12.1 Å². The fraction of sp³-hybridized carbons (Fsp3) is 0.462. The number of carbonyl (C=O) groups is 1. The van der Waals surface area contributed by atoms with Crippen LogP contribution in [-0.4, -0.2) is 11.3 Å².